The van der Waals surface area contributed by atoms with Crippen LogP contribution in [0.15, 0.2) is 106 Å². The Morgan fingerprint density at radius 3 is 1.55 bits per heavy atom. The van der Waals surface area contributed by atoms with Crippen LogP contribution in [0.4, 0.5) is 26.3 Å². The first-order chi connectivity index (χ1) is 23.0. The van der Waals surface area contributed by atoms with Crippen LogP contribution in [0, 0.1) is 25.2 Å². The molecule has 0 nitrogen and oxygen atoms in total. The Hall–Kier alpha value is -2.73. The predicted molar refractivity (Wildman–Crippen MR) is 183 cm³/mol. The number of rotatable bonds is 6. The van der Waals surface area contributed by atoms with E-state index >= 15 is 0 Å². The Labute approximate surface area is 317 Å². The summed E-state index contributed by atoms with van der Waals surface area (Å²) in [5.41, 5.74) is 6.59. The van der Waals surface area contributed by atoms with Gasteiger partial charge in [0.05, 0.1) is 0 Å². The van der Waals surface area contributed by atoms with Gasteiger partial charge in [-0.15, -0.1) is 0 Å². The SMILES string of the molecule is CCCC1C=C(C(C)(C)C)C=[C]1[Zr+2](=[C](c1cccc(C(F)(F)F)c1)c1cccc(C(F)(F)F)c1)[CH]1c2cc(C)ccc2-c2ccc(C)cc21.[Cl-].[Cl-]. The van der Waals surface area contributed by atoms with Crippen molar-refractivity contribution >= 4 is 3.21 Å². The zero-order valence-corrected chi connectivity index (χ0v) is 33.3. The third-order valence-electron chi connectivity index (χ3n) is 9.71. The molecule has 268 valence electrons. The normalized spacial score (nSPS) is 15.5. The van der Waals surface area contributed by atoms with Gasteiger partial charge in [0.25, 0.3) is 0 Å². The van der Waals surface area contributed by atoms with Crippen molar-refractivity contribution in [2.75, 3.05) is 0 Å². The molecular formula is C42H40Cl2F6Zr. The van der Waals surface area contributed by atoms with E-state index in [9.17, 15) is 26.3 Å². The number of benzene rings is 4. The summed E-state index contributed by atoms with van der Waals surface area (Å²) >= 11 is -3.70. The molecule has 1 unspecified atom stereocenters. The summed E-state index contributed by atoms with van der Waals surface area (Å²) in [6.45, 7) is 12.7. The molecule has 0 aromatic heterocycles. The first kappa shape index (κ1) is 41.0. The standard InChI is InChI=1S/C15H8F6.C15H13.C12H19.2ClH.Zr/c16-14(17,18)12-5-1-3-10(8-12)7-11-4-2-6-13(9-11)15(19,20)21;1-10-3-5-14-12(7-10)9-13-8-11(2)4-6-15(13)14;1-5-6-10-7-8-11(9-10)12(2,3)4;;;/h1-6,8-9H;3-9H,1-2H3;8-10H,5-6H2,1-4H3;2*1H;/q;;;;;+2/p-2. The number of allylic oxidation sites excluding steroid dienone is 4. The van der Waals surface area contributed by atoms with Crippen LogP contribution < -0.4 is 24.8 Å². The third kappa shape index (κ3) is 8.27. The summed E-state index contributed by atoms with van der Waals surface area (Å²) in [4.78, 5) is 0. The minimum absolute atomic E-state index is 0. The maximum atomic E-state index is 14.3. The van der Waals surface area contributed by atoms with Crippen molar-refractivity contribution in [3.05, 3.63) is 150 Å². The molecule has 0 fully saturated rings. The van der Waals surface area contributed by atoms with Crippen LogP contribution >= 0.6 is 0 Å². The van der Waals surface area contributed by atoms with Crippen LogP contribution in [-0.4, -0.2) is 3.21 Å². The number of fused-ring (bicyclic) bond motifs is 3. The van der Waals surface area contributed by atoms with Gasteiger partial charge in [0.2, 0.25) is 0 Å². The summed E-state index contributed by atoms with van der Waals surface area (Å²) in [5.74, 6) is 0.0438. The van der Waals surface area contributed by atoms with Gasteiger partial charge in [-0.25, -0.2) is 0 Å². The van der Waals surface area contributed by atoms with E-state index in [1.807, 2.05) is 13.8 Å². The summed E-state index contributed by atoms with van der Waals surface area (Å²) < 4.78 is 87.6. The molecule has 6 rings (SSSR count). The third-order valence-corrected chi connectivity index (χ3v) is 18.2. The van der Waals surface area contributed by atoms with E-state index in [2.05, 4.69) is 76.2 Å². The van der Waals surface area contributed by atoms with Crippen LogP contribution in [-0.2, 0) is 33.6 Å². The second-order valence-electron chi connectivity index (χ2n) is 14.4. The smallest absolute Gasteiger partial charge is 1.00 e. The summed E-state index contributed by atoms with van der Waals surface area (Å²) in [6.07, 6.45) is -2.89. The van der Waals surface area contributed by atoms with Crippen LogP contribution in [0.3, 0.4) is 0 Å². The van der Waals surface area contributed by atoms with E-state index in [1.165, 1.54) is 21.0 Å². The van der Waals surface area contributed by atoms with Crippen molar-refractivity contribution in [2.45, 2.75) is 70.4 Å². The molecule has 0 spiro atoms. The monoisotopic (exact) mass is 818 g/mol. The molecule has 0 radical (unpaired) electrons. The van der Waals surface area contributed by atoms with Crippen molar-refractivity contribution < 1.29 is 72.4 Å². The van der Waals surface area contributed by atoms with Crippen LogP contribution in [0.25, 0.3) is 11.1 Å². The molecule has 0 N–H and O–H groups in total. The van der Waals surface area contributed by atoms with Crippen molar-refractivity contribution in [1.29, 1.82) is 0 Å². The second kappa shape index (κ2) is 15.3. The van der Waals surface area contributed by atoms with E-state index < -0.39 is 44.7 Å². The van der Waals surface area contributed by atoms with Crippen LogP contribution in [0.1, 0.15) is 88.7 Å². The number of aryl methyl sites for hydroxylation is 2. The van der Waals surface area contributed by atoms with Gasteiger partial charge in [0.15, 0.2) is 0 Å². The largest absolute Gasteiger partial charge is 1.00 e. The van der Waals surface area contributed by atoms with Gasteiger partial charge in [-0.1, -0.05) is 0 Å². The first-order valence-electron chi connectivity index (χ1n) is 16.7. The molecule has 1 atom stereocenters. The molecule has 0 amide bonds. The summed E-state index contributed by atoms with van der Waals surface area (Å²) in [5, 5.41) is 0. The molecule has 4 aromatic carbocycles. The van der Waals surface area contributed by atoms with E-state index in [0.29, 0.717) is 14.3 Å². The minimum Gasteiger partial charge on any atom is -1.00 e. The molecule has 0 aliphatic heterocycles. The molecule has 4 aromatic rings. The fraction of sp³-hybridized carbons (Fsp3) is 0.310. The van der Waals surface area contributed by atoms with Gasteiger partial charge < -0.3 is 24.8 Å². The van der Waals surface area contributed by atoms with Gasteiger partial charge >= 0.3 is 294 Å². The van der Waals surface area contributed by atoms with Crippen LogP contribution in [0.2, 0.25) is 0 Å². The van der Waals surface area contributed by atoms with Gasteiger partial charge in [-0.3, -0.25) is 0 Å². The van der Waals surface area contributed by atoms with E-state index in [-0.39, 0.29) is 39.8 Å². The van der Waals surface area contributed by atoms with Gasteiger partial charge in [0, 0.05) is 0 Å². The number of hydrogen-bond acceptors (Lipinski definition) is 0. The Bertz CT molecular complexity index is 1920. The summed E-state index contributed by atoms with van der Waals surface area (Å²) in [7, 11) is 0. The topological polar surface area (TPSA) is 0 Å². The Kier molecular flexibility index (Phi) is 12.3. The van der Waals surface area contributed by atoms with Crippen molar-refractivity contribution in [3.8, 4) is 11.1 Å². The minimum atomic E-state index is -4.61. The maximum Gasteiger partial charge on any atom is -1.00 e. The van der Waals surface area contributed by atoms with Gasteiger partial charge in [-0.05, 0) is 0 Å². The molecule has 2 aliphatic rings. The second-order valence-corrected chi connectivity index (χ2v) is 20.5. The average molecular weight is 821 g/mol. The molecule has 51 heavy (non-hydrogen) atoms. The van der Waals surface area contributed by atoms with E-state index in [4.69, 9.17) is 0 Å². The molecular weight excluding hydrogens is 781 g/mol. The zero-order chi connectivity index (χ0) is 35.5. The molecule has 0 heterocycles. The Balaban J connectivity index is 0.00000292. The van der Waals surface area contributed by atoms with Gasteiger partial charge in [0.1, 0.15) is 0 Å². The maximum absolute atomic E-state index is 14.3. The van der Waals surface area contributed by atoms with Crippen molar-refractivity contribution in [2.24, 2.45) is 11.3 Å². The molecule has 0 saturated carbocycles. The zero-order valence-electron chi connectivity index (χ0n) is 29.3. The van der Waals surface area contributed by atoms with Crippen LogP contribution in [0.5, 0.6) is 0 Å². The fourth-order valence-corrected chi connectivity index (χ4v) is 16.9. The Morgan fingerprint density at radius 2 is 1.14 bits per heavy atom. The summed E-state index contributed by atoms with van der Waals surface area (Å²) in [6, 6.07) is 23.3. The van der Waals surface area contributed by atoms with E-state index in [0.717, 1.165) is 70.5 Å². The molecule has 9 heteroatoms. The number of alkyl halides is 6. The molecule has 2 aliphatic carbocycles. The quantitative estimate of drug-likeness (QED) is 0.193. The fourth-order valence-electron chi connectivity index (χ4n) is 7.37. The van der Waals surface area contributed by atoms with Crippen molar-refractivity contribution in [1.82, 2.24) is 0 Å². The van der Waals surface area contributed by atoms with E-state index in [1.54, 1.807) is 12.1 Å². The average Bonchev–Trinajstić information content (AvgIpc) is 3.58. The van der Waals surface area contributed by atoms with Crippen molar-refractivity contribution in [3.63, 3.8) is 0 Å². The number of hydrogen-bond donors (Lipinski definition) is 0. The van der Waals surface area contributed by atoms with Gasteiger partial charge in [-0.2, -0.15) is 0 Å². The molecule has 0 saturated heterocycles. The Morgan fingerprint density at radius 1 is 0.667 bits per heavy atom. The number of halogens is 8. The first-order valence-corrected chi connectivity index (χ1v) is 20.6. The molecule has 0 bridgehead atoms. The predicted octanol–water partition coefficient (Wildman–Crippen LogP) is 6.59.